The van der Waals surface area contributed by atoms with Gasteiger partial charge in [0.05, 0.1) is 0 Å². The molecule has 20 heavy (non-hydrogen) atoms. The number of nitrogens with two attached hydrogens (primary N) is 1. The van der Waals surface area contributed by atoms with Crippen LogP contribution < -0.4 is 10.6 Å². The molecule has 2 aromatic rings. The summed E-state index contributed by atoms with van der Waals surface area (Å²) < 4.78 is 0. The highest BCUT2D eigenvalue weighted by atomic mass is 16.2. The fourth-order valence-corrected chi connectivity index (χ4v) is 2.16. The smallest absolute Gasteiger partial charge is 0.258 e. The van der Waals surface area contributed by atoms with E-state index in [-0.39, 0.29) is 5.91 Å². The van der Waals surface area contributed by atoms with E-state index in [4.69, 9.17) is 5.73 Å². The van der Waals surface area contributed by atoms with E-state index in [1.165, 1.54) is 5.56 Å². The molecular formula is C17H20N2O. The van der Waals surface area contributed by atoms with Crippen molar-refractivity contribution in [3.63, 3.8) is 0 Å². The van der Waals surface area contributed by atoms with Gasteiger partial charge in [0.1, 0.15) is 0 Å². The second-order valence-electron chi connectivity index (χ2n) is 4.88. The van der Waals surface area contributed by atoms with Crippen molar-refractivity contribution in [1.82, 2.24) is 0 Å². The van der Waals surface area contributed by atoms with Crippen molar-refractivity contribution in [2.75, 3.05) is 18.5 Å². The SMILES string of the molecule is Cc1ccccc1C(=O)N(C)c1ccc(CCN)cc1. The molecule has 2 aromatic carbocycles. The summed E-state index contributed by atoms with van der Waals surface area (Å²) in [5.74, 6) is 0.00896. The number of anilines is 1. The molecule has 0 unspecified atom stereocenters. The lowest BCUT2D eigenvalue weighted by molar-refractivity contribution is 0.0992. The molecule has 2 N–H and O–H groups in total. The van der Waals surface area contributed by atoms with Gasteiger partial charge < -0.3 is 10.6 Å². The van der Waals surface area contributed by atoms with Crippen molar-refractivity contribution in [1.29, 1.82) is 0 Å². The van der Waals surface area contributed by atoms with E-state index >= 15 is 0 Å². The summed E-state index contributed by atoms with van der Waals surface area (Å²) in [4.78, 5) is 14.2. The second kappa shape index (κ2) is 6.35. The molecule has 0 fully saturated rings. The van der Waals surface area contributed by atoms with Gasteiger partial charge in [0.25, 0.3) is 5.91 Å². The topological polar surface area (TPSA) is 46.3 Å². The highest BCUT2D eigenvalue weighted by molar-refractivity contribution is 6.06. The molecule has 0 heterocycles. The zero-order valence-corrected chi connectivity index (χ0v) is 12.0. The molecule has 0 spiro atoms. The molecule has 0 saturated heterocycles. The number of amides is 1. The van der Waals surface area contributed by atoms with Crippen molar-refractivity contribution in [2.24, 2.45) is 5.73 Å². The highest BCUT2D eigenvalue weighted by Gasteiger charge is 2.14. The number of hydrogen-bond acceptors (Lipinski definition) is 2. The molecule has 3 nitrogen and oxygen atoms in total. The maximum atomic E-state index is 12.5. The number of aryl methyl sites for hydroxylation is 1. The lowest BCUT2D eigenvalue weighted by Crippen LogP contribution is -2.26. The van der Waals surface area contributed by atoms with Gasteiger partial charge >= 0.3 is 0 Å². The Morgan fingerprint density at radius 1 is 1.10 bits per heavy atom. The third kappa shape index (κ3) is 3.06. The molecule has 0 aromatic heterocycles. The molecule has 0 radical (unpaired) electrons. The molecule has 0 saturated carbocycles. The number of carbonyl (C=O) groups is 1. The Labute approximate surface area is 120 Å². The minimum atomic E-state index is 0.00896. The number of hydrogen-bond donors (Lipinski definition) is 1. The first-order chi connectivity index (χ1) is 9.63. The van der Waals surface area contributed by atoms with Crippen LogP contribution in [-0.2, 0) is 6.42 Å². The van der Waals surface area contributed by atoms with Gasteiger partial charge in [-0.05, 0) is 49.2 Å². The predicted octanol–water partition coefficient (Wildman–Crippen LogP) is 2.77. The first kappa shape index (κ1) is 14.3. The average Bonchev–Trinajstić information content (AvgIpc) is 2.47. The van der Waals surface area contributed by atoms with E-state index < -0.39 is 0 Å². The van der Waals surface area contributed by atoms with Crippen LogP contribution >= 0.6 is 0 Å². The van der Waals surface area contributed by atoms with Gasteiger partial charge in [-0.25, -0.2) is 0 Å². The van der Waals surface area contributed by atoms with E-state index in [9.17, 15) is 4.79 Å². The average molecular weight is 268 g/mol. The van der Waals surface area contributed by atoms with Gasteiger partial charge in [0.2, 0.25) is 0 Å². The Kier molecular flexibility index (Phi) is 4.53. The van der Waals surface area contributed by atoms with E-state index in [0.717, 1.165) is 23.2 Å². The van der Waals surface area contributed by atoms with Crippen molar-refractivity contribution in [2.45, 2.75) is 13.3 Å². The Morgan fingerprint density at radius 2 is 1.75 bits per heavy atom. The summed E-state index contributed by atoms with van der Waals surface area (Å²) in [6.45, 7) is 2.59. The summed E-state index contributed by atoms with van der Waals surface area (Å²) in [7, 11) is 1.80. The summed E-state index contributed by atoms with van der Waals surface area (Å²) >= 11 is 0. The van der Waals surface area contributed by atoms with Gasteiger partial charge in [0.15, 0.2) is 0 Å². The van der Waals surface area contributed by atoms with Crippen molar-refractivity contribution < 1.29 is 4.79 Å². The molecule has 1 amide bonds. The van der Waals surface area contributed by atoms with Crippen molar-refractivity contribution in [3.8, 4) is 0 Å². The molecule has 0 aliphatic carbocycles. The van der Waals surface area contributed by atoms with Crippen LogP contribution in [0.1, 0.15) is 21.5 Å². The Balaban J connectivity index is 2.20. The zero-order chi connectivity index (χ0) is 14.5. The lowest BCUT2D eigenvalue weighted by atomic mass is 10.1. The Hall–Kier alpha value is -2.13. The quantitative estimate of drug-likeness (QED) is 0.926. The Morgan fingerprint density at radius 3 is 2.35 bits per heavy atom. The van der Waals surface area contributed by atoms with Crippen LogP contribution in [0.4, 0.5) is 5.69 Å². The van der Waals surface area contributed by atoms with Crippen LogP contribution in [0.15, 0.2) is 48.5 Å². The monoisotopic (exact) mass is 268 g/mol. The van der Waals surface area contributed by atoms with Crippen LogP contribution in [-0.4, -0.2) is 19.5 Å². The molecule has 0 atom stereocenters. The molecule has 0 aliphatic rings. The van der Waals surface area contributed by atoms with Crippen molar-refractivity contribution in [3.05, 3.63) is 65.2 Å². The maximum absolute atomic E-state index is 12.5. The molecule has 0 bridgehead atoms. The van der Waals surface area contributed by atoms with E-state index in [1.54, 1.807) is 11.9 Å². The minimum Gasteiger partial charge on any atom is -0.330 e. The second-order valence-corrected chi connectivity index (χ2v) is 4.88. The van der Waals surface area contributed by atoms with Crippen LogP contribution in [0.25, 0.3) is 0 Å². The third-order valence-electron chi connectivity index (χ3n) is 3.44. The van der Waals surface area contributed by atoms with Gasteiger partial charge in [-0.2, -0.15) is 0 Å². The minimum absolute atomic E-state index is 0.00896. The van der Waals surface area contributed by atoms with Gasteiger partial charge in [-0.3, -0.25) is 4.79 Å². The van der Waals surface area contributed by atoms with Crippen LogP contribution in [0.3, 0.4) is 0 Å². The van der Waals surface area contributed by atoms with Gasteiger partial charge in [-0.1, -0.05) is 30.3 Å². The first-order valence-electron chi connectivity index (χ1n) is 6.76. The van der Waals surface area contributed by atoms with E-state index in [0.29, 0.717) is 6.54 Å². The fraction of sp³-hybridized carbons (Fsp3) is 0.235. The normalized spacial score (nSPS) is 10.3. The standard InChI is InChI=1S/C17H20N2O/c1-13-5-3-4-6-16(13)17(20)19(2)15-9-7-14(8-10-15)11-12-18/h3-10H,11-12,18H2,1-2H3. The molecule has 3 heteroatoms. The Bertz CT molecular complexity index is 590. The summed E-state index contributed by atoms with van der Waals surface area (Å²) in [6, 6.07) is 15.6. The van der Waals surface area contributed by atoms with E-state index in [2.05, 4.69) is 0 Å². The maximum Gasteiger partial charge on any atom is 0.258 e. The predicted molar refractivity (Wildman–Crippen MR) is 83.1 cm³/mol. The summed E-state index contributed by atoms with van der Waals surface area (Å²) in [5, 5.41) is 0. The van der Waals surface area contributed by atoms with Gasteiger partial charge in [0, 0.05) is 18.3 Å². The summed E-state index contributed by atoms with van der Waals surface area (Å²) in [6.07, 6.45) is 0.857. The first-order valence-corrected chi connectivity index (χ1v) is 6.76. The van der Waals surface area contributed by atoms with Crippen molar-refractivity contribution >= 4 is 11.6 Å². The molecule has 2 rings (SSSR count). The summed E-state index contributed by atoms with van der Waals surface area (Å²) in [5.41, 5.74) is 9.34. The largest absolute Gasteiger partial charge is 0.330 e. The number of nitrogens with zero attached hydrogens (tertiary/aromatic N) is 1. The van der Waals surface area contributed by atoms with Gasteiger partial charge in [-0.15, -0.1) is 0 Å². The number of rotatable bonds is 4. The van der Waals surface area contributed by atoms with Crippen LogP contribution in [0.2, 0.25) is 0 Å². The highest BCUT2D eigenvalue weighted by Crippen LogP contribution is 2.18. The lowest BCUT2D eigenvalue weighted by Gasteiger charge is -2.19. The molecule has 0 aliphatic heterocycles. The van der Waals surface area contributed by atoms with Crippen LogP contribution in [0, 0.1) is 6.92 Å². The third-order valence-corrected chi connectivity index (χ3v) is 3.44. The number of carbonyl (C=O) groups excluding carboxylic acids is 1. The van der Waals surface area contributed by atoms with E-state index in [1.807, 2.05) is 55.5 Å². The number of benzene rings is 2. The van der Waals surface area contributed by atoms with Crippen LogP contribution in [0.5, 0.6) is 0 Å². The molecular weight excluding hydrogens is 248 g/mol. The fourth-order valence-electron chi connectivity index (χ4n) is 2.16. The molecule has 104 valence electrons. The zero-order valence-electron chi connectivity index (χ0n) is 12.0.